The van der Waals surface area contributed by atoms with Gasteiger partial charge in [-0.3, -0.25) is 9.35 Å². The van der Waals surface area contributed by atoms with Crippen molar-refractivity contribution in [2.75, 3.05) is 0 Å². The molecule has 0 aliphatic heterocycles. The Hall–Kier alpha value is -1.40. The predicted octanol–water partition coefficient (Wildman–Crippen LogP) is 5.54. The van der Waals surface area contributed by atoms with Crippen LogP contribution in [0.15, 0.2) is 29.2 Å². The van der Waals surface area contributed by atoms with E-state index in [2.05, 4.69) is 6.92 Å². The summed E-state index contributed by atoms with van der Waals surface area (Å²) >= 11 is 0. The van der Waals surface area contributed by atoms with Gasteiger partial charge in [-0.15, -0.1) is 0 Å². The van der Waals surface area contributed by atoms with Crippen LogP contribution in [-0.4, -0.2) is 18.9 Å². The molecule has 0 spiro atoms. The Balaban J connectivity index is 2.13. The van der Waals surface area contributed by atoms with Gasteiger partial charge < -0.3 is 4.74 Å². The van der Waals surface area contributed by atoms with Gasteiger partial charge in [-0.1, -0.05) is 83.3 Å². The first-order valence-corrected chi connectivity index (χ1v) is 11.2. The molecular weight excluding hydrogens is 352 g/mol. The minimum absolute atomic E-state index is 0.122. The molecule has 0 amide bonds. The Labute approximate surface area is 157 Å². The van der Waals surface area contributed by atoms with E-state index >= 15 is 0 Å². The Bertz CT molecular complexity index is 625. The van der Waals surface area contributed by atoms with Gasteiger partial charge in [0.25, 0.3) is 10.1 Å². The van der Waals surface area contributed by atoms with Crippen LogP contribution in [0.3, 0.4) is 0 Å². The first-order chi connectivity index (χ1) is 12.4. The molecule has 1 aromatic carbocycles. The van der Waals surface area contributed by atoms with E-state index in [4.69, 9.17) is 9.29 Å². The quantitative estimate of drug-likeness (QED) is 0.197. The largest absolute Gasteiger partial charge is 0.425 e. The van der Waals surface area contributed by atoms with Crippen molar-refractivity contribution in [1.82, 2.24) is 0 Å². The van der Waals surface area contributed by atoms with E-state index in [1.54, 1.807) is 6.07 Å². The van der Waals surface area contributed by atoms with E-state index < -0.39 is 16.1 Å². The summed E-state index contributed by atoms with van der Waals surface area (Å²) < 4.78 is 36.7. The normalized spacial score (nSPS) is 11.5. The van der Waals surface area contributed by atoms with Crippen LogP contribution >= 0.6 is 0 Å². The number of carbonyl (C=O) groups excluding carboxylic acids is 1. The van der Waals surface area contributed by atoms with Crippen molar-refractivity contribution in [1.29, 1.82) is 0 Å². The van der Waals surface area contributed by atoms with E-state index in [-0.39, 0.29) is 17.1 Å². The maximum atomic E-state index is 11.9. The van der Waals surface area contributed by atoms with Crippen LogP contribution in [-0.2, 0) is 14.9 Å². The number of esters is 1. The lowest BCUT2D eigenvalue weighted by Gasteiger charge is -2.08. The SMILES string of the molecule is CCCCCCCCCCCCCC(=O)Oc1ccccc1S(=O)(=O)O. The van der Waals surface area contributed by atoms with Crippen molar-refractivity contribution in [3.63, 3.8) is 0 Å². The molecule has 1 rings (SSSR count). The lowest BCUT2D eigenvalue weighted by atomic mass is 10.1. The summed E-state index contributed by atoms with van der Waals surface area (Å²) in [6.45, 7) is 2.23. The molecule has 0 fully saturated rings. The molecule has 0 atom stereocenters. The second-order valence-electron chi connectivity index (χ2n) is 6.68. The van der Waals surface area contributed by atoms with Crippen LogP contribution in [0, 0.1) is 0 Å². The summed E-state index contributed by atoms with van der Waals surface area (Å²) in [6.07, 6.45) is 13.4. The minimum Gasteiger partial charge on any atom is -0.425 e. The van der Waals surface area contributed by atoms with Crippen molar-refractivity contribution < 1.29 is 22.5 Å². The molecule has 148 valence electrons. The van der Waals surface area contributed by atoms with Crippen molar-refractivity contribution in [3.05, 3.63) is 24.3 Å². The topological polar surface area (TPSA) is 80.7 Å². The van der Waals surface area contributed by atoms with Gasteiger partial charge in [0.05, 0.1) is 0 Å². The highest BCUT2D eigenvalue weighted by Crippen LogP contribution is 2.23. The van der Waals surface area contributed by atoms with Gasteiger partial charge in [0, 0.05) is 6.42 Å². The lowest BCUT2D eigenvalue weighted by molar-refractivity contribution is -0.134. The summed E-state index contributed by atoms with van der Waals surface area (Å²) in [5.41, 5.74) is 0. The number of ether oxygens (including phenoxy) is 1. The van der Waals surface area contributed by atoms with Crippen LogP contribution in [0.4, 0.5) is 0 Å². The highest BCUT2D eigenvalue weighted by Gasteiger charge is 2.18. The van der Waals surface area contributed by atoms with Crippen LogP contribution in [0.1, 0.15) is 84.0 Å². The fraction of sp³-hybridized carbons (Fsp3) is 0.650. The number of hydrogen-bond acceptors (Lipinski definition) is 4. The number of para-hydroxylation sites is 1. The molecule has 0 aromatic heterocycles. The molecule has 0 saturated heterocycles. The third-order valence-electron chi connectivity index (χ3n) is 4.34. The lowest BCUT2D eigenvalue weighted by Crippen LogP contribution is -2.10. The molecule has 0 aliphatic carbocycles. The van der Waals surface area contributed by atoms with Crippen molar-refractivity contribution in [2.45, 2.75) is 88.9 Å². The first-order valence-electron chi connectivity index (χ1n) is 9.72. The summed E-state index contributed by atoms with van der Waals surface area (Å²) in [4.78, 5) is 11.5. The summed E-state index contributed by atoms with van der Waals surface area (Å²) in [5, 5.41) is 0. The maximum absolute atomic E-state index is 11.9. The zero-order valence-electron chi connectivity index (χ0n) is 15.8. The van der Waals surface area contributed by atoms with Gasteiger partial charge in [-0.2, -0.15) is 8.42 Å². The summed E-state index contributed by atoms with van der Waals surface area (Å²) in [7, 11) is -4.40. The molecule has 0 unspecified atom stereocenters. The van der Waals surface area contributed by atoms with E-state index in [0.29, 0.717) is 0 Å². The fourth-order valence-corrected chi connectivity index (χ4v) is 3.47. The predicted molar refractivity (Wildman–Crippen MR) is 103 cm³/mol. The van der Waals surface area contributed by atoms with E-state index in [1.807, 2.05) is 0 Å². The zero-order valence-corrected chi connectivity index (χ0v) is 16.6. The van der Waals surface area contributed by atoms with E-state index in [0.717, 1.165) is 19.3 Å². The van der Waals surface area contributed by atoms with Crippen LogP contribution in [0.25, 0.3) is 0 Å². The molecule has 1 aromatic rings. The highest BCUT2D eigenvalue weighted by molar-refractivity contribution is 7.86. The first kappa shape index (κ1) is 22.6. The molecule has 0 aliphatic rings. The average Bonchev–Trinajstić information content (AvgIpc) is 2.59. The van der Waals surface area contributed by atoms with Gasteiger partial charge in [0.2, 0.25) is 0 Å². The smallest absolute Gasteiger partial charge is 0.311 e. The maximum Gasteiger partial charge on any atom is 0.311 e. The highest BCUT2D eigenvalue weighted by atomic mass is 32.2. The van der Waals surface area contributed by atoms with Crippen LogP contribution in [0.2, 0.25) is 0 Å². The average molecular weight is 385 g/mol. The Morgan fingerprint density at radius 1 is 0.885 bits per heavy atom. The second-order valence-corrected chi connectivity index (χ2v) is 8.07. The summed E-state index contributed by atoms with van der Waals surface area (Å²) in [6, 6.07) is 5.59. The molecule has 0 radical (unpaired) electrons. The van der Waals surface area contributed by atoms with E-state index in [9.17, 15) is 13.2 Å². The zero-order chi connectivity index (χ0) is 19.3. The van der Waals surface area contributed by atoms with Gasteiger partial charge in [0.1, 0.15) is 4.90 Å². The molecule has 0 heterocycles. The molecule has 6 heteroatoms. The Morgan fingerprint density at radius 3 is 1.92 bits per heavy atom. The number of carbonyl (C=O) groups is 1. The minimum atomic E-state index is -4.40. The van der Waals surface area contributed by atoms with Crippen molar-refractivity contribution in [2.24, 2.45) is 0 Å². The molecule has 1 N–H and O–H groups in total. The molecule has 5 nitrogen and oxygen atoms in total. The third-order valence-corrected chi connectivity index (χ3v) is 5.23. The van der Waals surface area contributed by atoms with Gasteiger partial charge in [-0.05, 0) is 18.6 Å². The number of rotatable bonds is 14. The molecular formula is C20H32O5S. The number of unbranched alkanes of at least 4 members (excludes halogenated alkanes) is 10. The fourth-order valence-electron chi connectivity index (χ4n) is 2.85. The number of benzene rings is 1. The third kappa shape index (κ3) is 9.92. The monoisotopic (exact) mass is 384 g/mol. The van der Waals surface area contributed by atoms with Gasteiger partial charge in [0.15, 0.2) is 5.75 Å². The molecule has 0 saturated carbocycles. The second kappa shape index (κ2) is 12.9. The van der Waals surface area contributed by atoms with Crippen LogP contribution < -0.4 is 4.74 Å². The Morgan fingerprint density at radius 2 is 1.38 bits per heavy atom. The Kier molecular flexibility index (Phi) is 11.2. The summed E-state index contributed by atoms with van der Waals surface area (Å²) in [5.74, 6) is -0.597. The standard InChI is InChI=1S/C20H32O5S/c1-2-3-4-5-6-7-8-9-10-11-12-17-20(21)25-18-15-13-14-16-19(18)26(22,23)24/h13-16H,2-12,17H2,1H3,(H,22,23,24). The molecule has 0 bridgehead atoms. The van der Waals surface area contributed by atoms with Crippen LogP contribution in [0.5, 0.6) is 5.75 Å². The molecule has 26 heavy (non-hydrogen) atoms. The number of hydrogen-bond donors (Lipinski definition) is 1. The van der Waals surface area contributed by atoms with Crippen molar-refractivity contribution >= 4 is 16.1 Å². The van der Waals surface area contributed by atoms with Gasteiger partial charge >= 0.3 is 5.97 Å². The van der Waals surface area contributed by atoms with E-state index in [1.165, 1.54) is 69.6 Å². The van der Waals surface area contributed by atoms with Crippen molar-refractivity contribution in [3.8, 4) is 5.75 Å². The van der Waals surface area contributed by atoms with Gasteiger partial charge in [-0.25, -0.2) is 0 Å².